The van der Waals surface area contributed by atoms with Crippen LogP contribution >= 0.6 is 23.4 Å². The molecule has 0 aliphatic heterocycles. The minimum absolute atomic E-state index is 0.202. The molecule has 2 rings (SSSR count). The molecule has 0 aromatic heterocycles. The summed E-state index contributed by atoms with van der Waals surface area (Å²) >= 11 is 7.17. The van der Waals surface area contributed by atoms with Gasteiger partial charge in [-0.05, 0) is 36.1 Å². The fourth-order valence-corrected chi connectivity index (χ4v) is 2.57. The van der Waals surface area contributed by atoms with Gasteiger partial charge in [0, 0.05) is 23.2 Å². The maximum Gasteiger partial charge on any atom is 0.416 e. The van der Waals surface area contributed by atoms with Crippen molar-refractivity contribution in [3.63, 3.8) is 0 Å². The van der Waals surface area contributed by atoms with Crippen molar-refractivity contribution in [3.8, 4) is 0 Å². The summed E-state index contributed by atoms with van der Waals surface area (Å²) in [5.74, 6) is -0.360. The highest BCUT2D eigenvalue weighted by Crippen LogP contribution is 2.29. The number of halogens is 4. The summed E-state index contributed by atoms with van der Waals surface area (Å²) in [7, 11) is 0. The van der Waals surface area contributed by atoms with Gasteiger partial charge < -0.3 is 5.32 Å². The van der Waals surface area contributed by atoms with Crippen LogP contribution in [0.4, 0.5) is 13.2 Å². The Morgan fingerprint density at radius 1 is 1.12 bits per heavy atom. The molecule has 25 heavy (non-hydrogen) atoms. The molecule has 0 spiro atoms. The maximum absolute atomic E-state index is 12.6. The lowest BCUT2D eigenvalue weighted by atomic mass is 10.1. The van der Waals surface area contributed by atoms with Crippen LogP contribution in [-0.4, -0.2) is 12.0 Å². The molecular weight excluding hydrogens is 371 g/mol. The van der Waals surface area contributed by atoms with E-state index in [-0.39, 0.29) is 11.3 Å². The molecule has 0 fully saturated rings. The average Bonchev–Trinajstić information content (AvgIpc) is 2.59. The summed E-state index contributed by atoms with van der Waals surface area (Å²) in [6, 6.07) is 11.4. The van der Waals surface area contributed by atoms with Gasteiger partial charge >= 0.3 is 6.18 Å². The van der Waals surface area contributed by atoms with Crippen molar-refractivity contribution >= 4 is 29.1 Å². The minimum atomic E-state index is -4.41. The molecule has 2 aromatic carbocycles. The van der Waals surface area contributed by atoms with Gasteiger partial charge in [-0.15, -0.1) is 11.8 Å². The molecular formula is C18H15ClF3NOS. The van der Waals surface area contributed by atoms with Gasteiger partial charge in [0.2, 0.25) is 0 Å². The summed E-state index contributed by atoms with van der Waals surface area (Å²) in [5, 5.41) is 4.39. The zero-order valence-electron chi connectivity index (χ0n) is 13.2. The number of hydrogen-bond acceptors (Lipinski definition) is 3. The van der Waals surface area contributed by atoms with Crippen LogP contribution in [0.25, 0.3) is 0 Å². The molecule has 132 valence electrons. The van der Waals surface area contributed by atoms with Crippen molar-refractivity contribution in [2.45, 2.75) is 12.7 Å². The minimum Gasteiger partial charge on any atom is -0.376 e. The number of rotatable bonds is 6. The third-order valence-corrected chi connectivity index (χ3v) is 4.31. The van der Waals surface area contributed by atoms with Crippen molar-refractivity contribution in [1.82, 2.24) is 5.32 Å². The third kappa shape index (κ3) is 5.83. The second-order valence-corrected chi connectivity index (χ2v) is 6.42. The Bertz CT molecular complexity index is 755. The molecule has 2 aromatic rings. The number of thioether (sulfide) groups is 1. The van der Waals surface area contributed by atoms with Crippen LogP contribution in [0.5, 0.6) is 0 Å². The average molecular weight is 386 g/mol. The SMILES string of the molecule is CS/C(=C\C(=O)c1ccc(C(F)(F)F)cc1)NCc1ccc(Cl)cc1. The Kier molecular flexibility index (Phi) is 6.56. The number of carbonyl (C=O) groups excluding carboxylic acids is 1. The van der Waals surface area contributed by atoms with Crippen molar-refractivity contribution in [2.75, 3.05) is 6.26 Å². The number of ketones is 1. The molecule has 0 atom stereocenters. The normalized spacial score (nSPS) is 12.1. The first-order chi connectivity index (χ1) is 11.8. The molecule has 0 radical (unpaired) electrons. The molecule has 0 bridgehead atoms. The van der Waals surface area contributed by atoms with Crippen molar-refractivity contribution in [2.24, 2.45) is 0 Å². The molecule has 0 amide bonds. The van der Waals surface area contributed by atoms with Crippen LogP contribution in [0, 0.1) is 0 Å². The molecule has 0 saturated heterocycles. The highest BCUT2D eigenvalue weighted by molar-refractivity contribution is 8.02. The monoisotopic (exact) mass is 385 g/mol. The van der Waals surface area contributed by atoms with E-state index in [9.17, 15) is 18.0 Å². The van der Waals surface area contributed by atoms with E-state index in [2.05, 4.69) is 5.32 Å². The van der Waals surface area contributed by atoms with E-state index in [1.165, 1.54) is 30.0 Å². The summed E-state index contributed by atoms with van der Waals surface area (Å²) in [6.07, 6.45) is -1.23. The molecule has 0 unspecified atom stereocenters. The second kappa shape index (κ2) is 8.45. The van der Waals surface area contributed by atoms with Crippen LogP contribution in [0.15, 0.2) is 59.6 Å². The molecule has 0 saturated carbocycles. The highest BCUT2D eigenvalue weighted by Gasteiger charge is 2.30. The number of nitrogens with one attached hydrogen (secondary N) is 1. The number of alkyl halides is 3. The van der Waals surface area contributed by atoms with E-state index in [4.69, 9.17) is 11.6 Å². The van der Waals surface area contributed by atoms with Crippen molar-refractivity contribution in [3.05, 3.63) is 81.3 Å². The Labute approximate surface area is 153 Å². The first-order valence-corrected chi connectivity index (χ1v) is 8.85. The first kappa shape index (κ1) is 19.4. The summed E-state index contributed by atoms with van der Waals surface area (Å²) < 4.78 is 37.7. The number of carbonyl (C=O) groups is 1. The van der Waals surface area contributed by atoms with Crippen LogP contribution in [-0.2, 0) is 12.7 Å². The third-order valence-electron chi connectivity index (χ3n) is 3.36. The van der Waals surface area contributed by atoms with Gasteiger partial charge in [-0.2, -0.15) is 13.2 Å². The van der Waals surface area contributed by atoms with E-state index >= 15 is 0 Å². The lowest BCUT2D eigenvalue weighted by Crippen LogP contribution is -2.12. The van der Waals surface area contributed by atoms with E-state index in [1.807, 2.05) is 12.1 Å². The molecule has 2 nitrogen and oxygen atoms in total. The zero-order chi connectivity index (χ0) is 18.4. The van der Waals surface area contributed by atoms with Gasteiger partial charge in [0.15, 0.2) is 5.78 Å². The summed E-state index contributed by atoms with van der Waals surface area (Å²) in [5.41, 5.74) is 0.415. The van der Waals surface area contributed by atoms with Crippen LogP contribution in [0.1, 0.15) is 21.5 Å². The van der Waals surface area contributed by atoms with Gasteiger partial charge in [-0.25, -0.2) is 0 Å². The topological polar surface area (TPSA) is 29.1 Å². The van der Waals surface area contributed by atoms with Crippen LogP contribution in [0.2, 0.25) is 5.02 Å². The van der Waals surface area contributed by atoms with E-state index in [1.54, 1.807) is 18.4 Å². The van der Waals surface area contributed by atoms with Gasteiger partial charge in [-0.3, -0.25) is 4.79 Å². The Morgan fingerprint density at radius 3 is 2.24 bits per heavy atom. The lowest BCUT2D eigenvalue weighted by molar-refractivity contribution is -0.137. The first-order valence-electron chi connectivity index (χ1n) is 7.25. The smallest absolute Gasteiger partial charge is 0.376 e. The Balaban J connectivity index is 2.05. The van der Waals surface area contributed by atoms with Gasteiger partial charge in [-0.1, -0.05) is 35.9 Å². The van der Waals surface area contributed by atoms with E-state index in [0.717, 1.165) is 17.7 Å². The number of benzene rings is 2. The van der Waals surface area contributed by atoms with Crippen molar-refractivity contribution in [1.29, 1.82) is 0 Å². The summed E-state index contributed by atoms with van der Waals surface area (Å²) in [4.78, 5) is 12.2. The fourth-order valence-electron chi connectivity index (χ4n) is 2.00. The van der Waals surface area contributed by atoms with Gasteiger partial charge in [0.05, 0.1) is 10.6 Å². The quantitative estimate of drug-likeness (QED) is 0.523. The summed E-state index contributed by atoms with van der Waals surface area (Å²) in [6.45, 7) is 0.504. The Morgan fingerprint density at radius 2 is 1.72 bits per heavy atom. The predicted octanol–water partition coefficient (Wildman–Crippen LogP) is 5.54. The van der Waals surface area contributed by atoms with Crippen molar-refractivity contribution < 1.29 is 18.0 Å². The fraction of sp³-hybridized carbons (Fsp3) is 0.167. The number of hydrogen-bond donors (Lipinski definition) is 1. The van der Waals surface area contributed by atoms with Crippen LogP contribution < -0.4 is 5.32 Å². The highest BCUT2D eigenvalue weighted by atomic mass is 35.5. The number of allylic oxidation sites excluding steroid dienone is 1. The second-order valence-electron chi connectivity index (χ2n) is 5.13. The van der Waals surface area contributed by atoms with E-state index < -0.39 is 11.7 Å². The molecule has 0 aliphatic carbocycles. The molecule has 0 aliphatic rings. The van der Waals surface area contributed by atoms with Crippen LogP contribution in [0.3, 0.4) is 0 Å². The lowest BCUT2D eigenvalue weighted by Gasteiger charge is -2.09. The largest absolute Gasteiger partial charge is 0.416 e. The molecule has 7 heteroatoms. The van der Waals surface area contributed by atoms with E-state index in [0.29, 0.717) is 16.6 Å². The predicted molar refractivity (Wildman–Crippen MR) is 95.7 cm³/mol. The molecule has 1 N–H and O–H groups in total. The standard InChI is InChI=1S/C18H15ClF3NOS/c1-25-17(23-11-12-2-8-15(19)9-3-12)10-16(24)13-4-6-14(7-5-13)18(20,21)22/h2-10,23H,11H2,1H3/b17-10-. The van der Waals surface area contributed by atoms with Gasteiger partial charge in [0.1, 0.15) is 0 Å². The maximum atomic E-state index is 12.6. The zero-order valence-corrected chi connectivity index (χ0v) is 14.8. The Hall–Kier alpha value is -1.92. The molecule has 0 heterocycles. The van der Waals surface area contributed by atoms with Gasteiger partial charge in [0.25, 0.3) is 0 Å².